The van der Waals surface area contributed by atoms with Gasteiger partial charge < -0.3 is 10.1 Å². The van der Waals surface area contributed by atoms with Crippen LogP contribution in [0.25, 0.3) is 0 Å². The molecule has 3 heteroatoms. The fraction of sp³-hybridized carbons (Fsp3) is 1.00. The van der Waals surface area contributed by atoms with Gasteiger partial charge in [0, 0.05) is 24.7 Å². The summed E-state index contributed by atoms with van der Waals surface area (Å²) >= 11 is 0. The van der Waals surface area contributed by atoms with E-state index in [0.717, 1.165) is 31.0 Å². The SMILES string of the molecule is CNC1CCC(C(C)C)CC1N1CCOC2CCCC21. The molecule has 1 heterocycles. The van der Waals surface area contributed by atoms with Gasteiger partial charge in [-0.15, -0.1) is 0 Å². The van der Waals surface area contributed by atoms with E-state index in [4.69, 9.17) is 4.74 Å². The Hall–Kier alpha value is -0.120. The van der Waals surface area contributed by atoms with Gasteiger partial charge in [-0.3, -0.25) is 4.90 Å². The van der Waals surface area contributed by atoms with Gasteiger partial charge >= 0.3 is 0 Å². The van der Waals surface area contributed by atoms with E-state index in [1.807, 2.05) is 0 Å². The molecule has 3 nitrogen and oxygen atoms in total. The molecule has 3 rings (SSSR count). The van der Waals surface area contributed by atoms with Crippen LogP contribution in [-0.2, 0) is 4.74 Å². The molecule has 5 unspecified atom stereocenters. The van der Waals surface area contributed by atoms with Crippen LogP contribution < -0.4 is 5.32 Å². The molecule has 1 saturated heterocycles. The molecule has 0 radical (unpaired) electrons. The first-order chi connectivity index (χ1) is 9.70. The lowest BCUT2D eigenvalue weighted by Gasteiger charge is -2.49. The number of hydrogen-bond acceptors (Lipinski definition) is 3. The Kier molecular flexibility index (Phi) is 4.68. The molecule has 2 aliphatic carbocycles. The van der Waals surface area contributed by atoms with Gasteiger partial charge in [-0.25, -0.2) is 0 Å². The molecule has 1 N–H and O–H groups in total. The molecule has 2 saturated carbocycles. The van der Waals surface area contributed by atoms with E-state index in [0.29, 0.717) is 18.2 Å². The summed E-state index contributed by atoms with van der Waals surface area (Å²) in [5, 5.41) is 3.61. The third-order valence-electron chi connectivity index (χ3n) is 6.12. The van der Waals surface area contributed by atoms with Crippen LogP contribution >= 0.6 is 0 Å². The molecular formula is C17H32N2O. The molecular weight excluding hydrogens is 248 g/mol. The van der Waals surface area contributed by atoms with Crippen LogP contribution in [0.3, 0.4) is 0 Å². The maximum atomic E-state index is 6.00. The number of nitrogens with one attached hydrogen (secondary N) is 1. The molecule has 0 bridgehead atoms. The van der Waals surface area contributed by atoms with Gasteiger partial charge in [-0.05, 0) is 57.4 Å². The lowest BCUT2D eigenvalue weighted by Crippen LogP contribution is -2.60. The van der Waals surface area contributed by atoms with Crippen LogP contribution in [0.5, 0.6) is 0 Å². The third kappa shape index (κ3) is 2.77. The average molecular weight is 280 g/mol. The molecule has 0 aromatic rings. The van der Waals surface area contributed by atoms with Crippen LogP contribution in [0.15, 0.2) is 0 Å². The molecule has 3 aliphatic rings. The highest BCUT2D eigenvalue weighted by molar-refractivity contribution is 4.98. The van der Waals surface area contributed by atoms with Crippen LogP contribution in [-0.4, -0.2) is 49.3 Å². The Bertz CT molecular complexity index is 320. The first-order valence-electron chi connectivity index (χ1n) is 8.75. The fourth-order valence-electron chi connectivity index (χ4n) is 4.85. The van der Waals surface area contributed by atoms with Gasteiger partial charge in [0.2, 0.25) is 0 Å². The number of morpholine rings is 1. The van der Waals surface area contributed by atoms with Crippen molar-refractivity contribution in [1.82, 2.24) is 10.2 Å². The van der Waals surface area contributed by atoms with Crippen molar-refractivity contribution in [3.63, 3.8) is 0 Å². The number of fused-ring (bicyclic) bond motifs is 1. The Balaban J connectivity index is 1.74. The topological polar surface area (TPSA) is 24.5 Å². The number of likely N-dealkylation sites (N-methyl/N-ethyl adjacent to an activating group) is 1. The van der Waals surface area contributed by atoms with E-state index in [-0.39, 0.29) is 0 Å². The van der Waals surface area contributed by atoms with Crippen molar-refractivity contribution in [3.8, 4) is 0 Å². The van der Waals surface area contributed by atoms with Crippen molar-refractivity contribution >= 4 is 0 Å². The minimum absolute atomic E-state index is 0.528. The zero-order chi connectivity index (χ0) is 14.1. The zero-order valence-electron chi connectivity index (χ0n) is 13.5. The average Bonchev–Trinajstić information content (AvgIpc) is 2.94. The van der Waals surface area contributed by atoms with Crippen LogP contribution in [0.4, 0.5) is 0 Å². The summed E-state index contributed by atoms with van der Waals surface area (Å²) in [6.45, 7) is 6.90. The van der Waals surface area contributed by atoms with Gasteiger partial charge in [0.15, 0.2) is 0 Å². The number of rotatable bonds is 3. The first-order valence-corrected chi connectivity index (χ1v) is 8.75. The molecule has 116 valence electrons. The zero-order valence-corrected chi connectivity index (χ0v) is 13.5. The van der Waals surface area contributed by atoms with E-state index in [2.05, 4.69) is 31.1 Å². The van der Waals surface area contributed by atoms with Crippen LogP contribution in [0.1, 0.15) is 52.4 Å². The van der Waals surface area contributed by atoms with Gasteiger partial charge in [0.05, 0.1) is 12.7 Å². The summed E-state index contributed by atoms with van der Waals surface area (Å²) in [7, 11) is 2.15. The molecule has 0 amide bonds. The van der Waals surface area contributed by atoms with Gasteiger partial charge in [0.25, 0.3) is 0 Å². The van der Waals surface area contributed by atoms with Gasteiger partial charge in [0.1, 0.15) is 0 Å². The normalized spacial score (nSPS) is 42.9. The van der Waals surface area contributed by atoms with E-state index in [9.17, 15) is 0 Å². The molecule has 3 fully saturated rings. The molecule has 1 aliphatic heterocycles. The lowest BCUT2D eigenvalue weighted by atomic mass is 9.76. The highest BCUT2D eigenvalue weighted by Gasteiger charge is 2.43. The van der Waals surface area contributed by atoms with Crippen molar-refractivity contribution in [2.45, 2.75) is 76.6 Å². The summed E-state index contributed by atoms with van der Waals surface area (Å²) in [5.41, 5.74) is 0. The fourth-order valence-corrected chi connectivity index (χ4v) is 4.85. The van der Waals surface area contributed by atoms with Gasteiger partial charge in [-0.1, -0.05) is 13.8 Å². The number of hydrogen-bond donors (Lipinski definition) is 1. The first kappa shape index (κ1) is 14.8. The van der Waals surface area contributed by atoms with Crippen molar-refractivity contribution in [3.05, 3.63) is 0 Å². The Labute approximate surface area is 124 Å². The van der Waals surface area contributed by atoms with E-state index in [1.165, 1.54) is 38.5 Å². The molecule has 0 aromatic carbocycles. The summed E-state index contributed by atoms with van der Waals surface area (Å²) < 4.78 is 6.00. The second kappa shape index (κ2) is 6.33. The summed E-state index contributed by atoms with van der Waals surface area (Å²) in [6, 6.07) is 2.12. The number of nitrogens with zero attached hydrogens (tertiary/aromatic N) is 1. The molecule has 20 heavy (non-hydrogen) atoms. The van der Waals surface area contributed by atoms with Crippen molar-refractivity contribution in [2.75, 3.05) is 20.2 Å². The maximum absolute atomic E-state index is 6.00. The summed E-state index contributed by atoms with van der Waals surface area (Å²) in [6.07, 6.45) is 8.65. The second-order valence-electron chi connectivity index (χ2n) is 7.42. The van der Waals surface area contributed by atoms with Crippen LogP contribution in [0, 0.1) is 11.8 Å². The van der Waals surface area contributed by atoms with Crippen LogP contribution in [0.2, 0.25) is 0 Å². The smallest absolute Gasteiger partial charge is 0.0731 e. The maximum Gasteiger partial charge on any atom is 0.0731 e. The largest absolute Gasteiger partial charge is 0.375 e. The molecule has 0 aromatic heterocycles. The van der Waals surface area contributed by atoms with E-state index >= 15 is 0 Å². The predicted molar refractivity (Wildman–Crippen MR) is 82.9 cm³/mol. The minimum atomic E-state index is 0.528. The third-order valence-corrected chi connectivity index (χ3v) is 6.12. The number of ether oxygens (including phenoxy) is 1. The Morgan fingerprint density at radius 1 is 1.10 bits per heavy atom. The highest BCUT2D eigenvalue weighted by Crippen LogP contribution is 2.38. The summed E-state index contributed by atoms with van der Waals surface area (Å²) in [5.74, 6) is 1.74. The van der Waals surface area contributed by atoms with Gasteiger partial charge in [-0.2, -0.15) is 0 Å². The quantitative estimate of drug-likeness (QED) is 0.860. The Morgan fingerprint density at radius 3 is 2.70 bits per heavy atom. The van der Waals surface area contributed by atoms with E-state index < -0.39 is 0 Å². The minimum Gasteiger partial charge on any atom is -0.375 e. The Morgan fingerprint density at radius 2 is 1.95 bits per heavy atom. The lowest BCUT2D eigenvalue weighted by molar-refractivity contribution is -0.0859. The van der Waals surface area contributed by atoms with Crippen molar-refractivity contribution in [1.29, 1.82) is 0 Å². The standard InChI is InChI=1S/C17H32N2O/c1-12(2)13-7-8-14(18-3)16(11-13)19-9-10-20-17-6-4-5-15(17)19/h12-18H,4-11H2,1-3H3. The highest BCUT2D eigenvalue weighted by atomic mass is 16.5. The van der Waals surface area contributed by atoms with Crippen molar-refractivity contribution < 1.29 is 4.74 Å². The van der Waals surface area contributed by atoms with E-state index in [1.54, 1.807) is 0 Å². The monoisotopic (exact) mass is 280 g/mol. The van der Waals surface area contributed by atoms with Crippen molar-refractivity contribution in [2.24, 2.45) is 11.8 Å². The predicted octanol–water partition coefficient (Wildman–Crippen LogP) is 2.65. The summed E-state index contributed by atoms with van der Waals surface area (Å²) in [4.78, 5) is 2.83. The molecule has 5 atom stereocenters. The second-order valence-corrected chi connectivity index (χ2v) is 7.42. The molecule has 0 spiro atoms.